The molecule has 12 heteroatoms. The molecule has 4 aromatic rings. The van der Waals surface area contributed by atoms with E-state index in [0.29, 0.717) is 29.5 Å². The molecular formula is C27H22F4N2O5S. The minimum absolute atomic E-state index is 0.0306. The maximum Gasteiger partial charge on any atom is 0.416 e. The highest BCUT2D eigenvalue weighted by Gasteiger charge is 2.41. The first-order chi connectivity index (χ1) is 18.5. The Bertz CT molecular complexity index is 1620. The standard InChI is InChI=1S/C27H22F4N2O5S/c28-20-8-11-24-18(13-20)14-25(38-24)39(35,36)33-12-2-5-23(33)26(34)32-16-17-6-9-21(10-7-17)37-22-4-1-3-19(15-22)27(29,30)31/h1,3-4,6-11,13-15,23H,2,5,12,16H2,(H,32,34)/t23-/m0/s1. The molecule has 1 fully saturated rings. The third kappa shape index (κ3) is 5.76. The van der Waals surface area contributed by atoms with E-state index in [1.807, 2.05) is 0 Å². The largest absolute Gasteiger partial charge is 0.457 e. The van der Waals surface area contributed by atoms with Crippen molar-refractivity contribution in [1.29, 1.82) is 0 Å². The Morgan fingerprint density at radius 3 is 2.54 bits per heavy atom. The molecule has 0 radical (unpaired) electrons. The molecule has 204 valence electrons. The number of carbonyl (C=O) groups is 1. The molecule has 2 heterocycles. The fraction of sp³-hybridized carbons (Fsp3) is 0.222. The van der Waals surface area contributed by atoms with E-state index >= 15 is 0 Å². The molecule has 1 aliphatic heterocycles. The third-order valence-electron chi connectivity index (χ3n) is 6.31. The van der Waals surface area contributed by atoms with E-state index in [1.165, 1.54) is 36.4 Å². The van der Waals surface area contributed by atoms with Crippen LogP contribution in [0.2, 0.25) is 0 Å². The molecular weight excluding hydrogens is 540 g/mol. The highest BCUT2D eigenvalue weighted by atomic mass is 32.2. The first-order valence-corrected chi connectivity index (χ1v) is 13.4. The fourth-order valence-electron chi connectivity index (χ4n) is 4.38. The number of fused-ring (bicyclic) bond motifs is 1. The zero-order chi connectivity index (χ0) is 27.8. The Balaban J connectivity index is 1.22. The van der Waals surface area contributed by atoms with Crippen LogP contribution in [-0.4, -0.2) is 31.2 Å². The van der Waals surface area contributed by atoms with E-state index in [0.717, 1.165) is 16.4 Å². The molecule has 0 bridgehead atoms. The van der Waals surface area contributed by atoms with E-state index in [1.54, 1.807) is 24.3 Å². The summed E-state index contributed by atoms with van der Waals surface area (Å²) in [5, 5.41) is 2.67. The van der Waals surface area contributed by atoms with Crippen LogP contribution in [0.3, 0.4) is 0 Å². The van der Waals surface area contributed by atoms with Crippen molar-refractivity contribution in [1.82, 2.24) is 9.62 Å². The average molecular weight is 563 g/mol. The van der Waals surface area contributed by atoms with Crippen LogP contribution in [0.5, 0.6) is 11.5 Å². The van der Waals surface area contributed by atoms with Gasteiger partial charge >= 0.3 is 6.18 Å². The lowest BCUT2D eigenvalue weighted by molar-refractivity contribution is -0.137. The van der Waals surface area contributed by atoms with Crippen molar-refractivity contribution in [2.45, 2.75) is 36.7 Å². The van der Waals surface area contributed by atoms with Crippen LogP contribution in [0, 0.1) is 5.82 Å². The Labute approximate surface area is 221 Å². The molecule has 0 spiro atoms. The lowest BCUT2D eigenvalue weighted by Gasteiger charge is -2.22. The van der Waals surface area contributed by atoms with Crippen molar-refractivity contribution in [2.75, 3.05) is 6.54 Å². The topological polar surface area (TPSA) is 88.9 Å². The molecule has 1 saturated heterocycles. The first-order valence-electron chi connectivity index (χ1n) is 11.9. The van der Waals surface area contributed by atoms with Gasteiger partial charge in [0.15, 0.2) is 0 Å². The molecule has 1 aromatic heterocycles. The van der Waals surface area contributed by atoms with Gasteiger partial charge in [0.2, 0.25) is 11.0 Å². The van der Waals surface area contributed by atoms with E-state index < -0.39 is 39.5 Å². The Kier molecular flexibility index (Phi) is 7.08. The lowest BCUT2D eigenvalue weighted by Crippen LogP contribution is -2.45. The molecule has 0 saturated carbocycles. The van der Waals surface area contributed by atoms with Gasteiger partial charge in [-0.05, 0) is 66.9 Å². The second kappa shape index (κ2) is 10.3. The van der Waals surface area contributed by atoms with E-state index in [4.69, 9.17) is 9.15 Å². The number of halogens is 4. The SMILES string of the molecule is O=C(NCc1ccc(Oc2cccc(C(F)(F)F)c2)cc1)[C@@H]1CCCN1S(=O)(=O)c1cc2cc(F)ccc2o1. The summed E-state index contributed by atoms with van der Waals surface area (Å²) < 4.78 is 90.7. The lowest BCUT2D eigenvalue weighted by atomic mass is 10.2. The van der Waals surface area contributed by atoms with Gasteiger partial charge in [-0.1, -0.05) is 18.2 Å². The predicted octanol–water partition coefficient (Wildman–Crippen LogP) is 5.85. The zero-order valence-corrected chi connectivity index (χ0v) is 21.1. The molecule has 39 heavy (non-hydrogen) atoms. The number of rotatable bonds is 7. The van der Waals surface area contributed by atoms with Crippen LogP contribution in [-0.2, 0) is 27.5 Å². The van der Waals surface area contributed by atoms with Gasteiger partial charge in [-0.25, -0.2) is 12.8 Å². The molecule has 7 nitrogen and oxygen atoms in total. The van der Waals surface area contributed by atoms with Crippen LogP contribution in [0.25, 0.3) is 11.0 Å². The van der Waals surface area contributed by atoms with E-state index in [2.05, 4.69) is 5.32 Å². The monoisotopic (exact) mass is 562 g/mol. The number of furan rings is 1. The smallest absolute Gasteiger partial charge is 0.416 e. The summed E-state index contributed by atoms with van der Waals surface area (Å²) in [5.74, 6) is -0.672. The van der Waals surface area contributed by atoms with Gasteiger partial charge in [0, 0.05) is 24.5 Å². The number of hydrogen-bond donors (Lipinski definition) is 1. The number of sulfonamides is 1. The average Bonchev–Trinajstić information content (AvgIpc) is 3.56. The van der Waals surface area contributed by atoms with Crippen molar-refractivity contribution >= 4 is 26.9 Å². The maximum absolute atomic E-state index is 13.5. The van der Waals surface area contributed by atoms with Crippen LogP contribution >= 0.6 is 0 Å². The summed E-state index contributed by atoms with van der Waals surface area (Å²) in [6.45, 7) is 0.227. The molecule has 1 atom stereocenters. The number of hydrogen-bond acceptors (Lipinski definition) is 5. The number of amides is 1. The number of nitrogens with zero attached hydrogens (tertiary/aromatic N) is 1. The summed E-state index contributed by atoms with van der Waals surface area (Å²) in [6, 6.07) is 14.9. The molecule has 1 aliphatic rings. The van der Waals surface area contributed by atoms with Gasteiger partial charge in [-0.2, -0.15) is 17.5 Å². The number of benzene rings is 3. The van der Waals surface area contributed by atoms with E-state index in [-0.39, 0.29) is 29.5 Å². The first kappa shape index (κ1) is 26.7. The number of carbonyl (C=O) groups excluding carboxylic acids is 1. The number of nitrogens with one attached hydrogen (secondary N) is 1. The predicted molar refractivity (Wildman–Crippen MR) is 133 cm³/mol. The van der Waals surface area contributed by atoms with Gasteiger partial charge < -0.3 is 14.5 Å². The van der Waals surface area contributed by atoms with Crippen molar-refractivity contribution < 1.29 is 39.9 Å². The van der Waals surface area contributed by atoms with Crippen molar-refractivity contribution in [3.05, 3.63) is 89.7 Å². The Morgan fingerprint density at radius 2 is 1.79 bits per heavy atom. The molecule has 1 amide bonds. The highest BCUT2D eigenvalue weighted by Crippen LogP contribution is 2.33. The van der Waals surface area contributed by atoms with Gasteiger partial charge in [0.05, 0.1) is 5.56 Å². The molecule has 1 N–H and O–H groups in total. The van der Waals surface area contributed by atoms with Gasteiger partial charge in [-0.3, -0.25) is 4.79 Å². The normalized spacial score (nSPS) is 16.5. The molecule has 5 rings (SSSR count). The summed E-state index contributed by atoms with van der Waals surface area (Å²) in [5.41, 5.74) is 0.0682. The zero-order valence-electron chi connectivity index (χ0n) is 20.2. The minimum atomic E-state index is -4.48. The Hall–Kier alpha value is -3.90. The summed E-state index contributed by atoms with van der Waals surface area (Å²) in [4.78, 5) is 12.9. The van der Waals surface area contributed by atoms with Crippen molar-refractivity contribution in [3.8, 4) is 11.5 Å². The summed E-state index contributed by atoms with van der Waals surface area (Å²) >= 11 is 0. The van der Waals surface area contributed by atoms with Crippen LogP contribution < -0.4 is 10.1 Å². The molecule has 0 aliphatic carbocycles. The number of ether oxygens (including phenoxy) is 1. The second-order valence-corrected chi connectivity index (χ2v) is 10.8. The minimum Gasteiger partial charge on any atom is -0.457 e. The quantitative estimate of drug-likeness (QED) is 0.286. The van der Waals surface area contributed by atoms with Crippen molar-refractivity contribution in [2.24, 2.45) is 0 Å². The van der Waals surface area contributed by atoms with Crippen molar-refractivity contribution in [3.63, 3.8) is 0 Å². The number of alkyl halides is 3. The highest BCUT2D eigenvalue weighted by molar-refractivity contribution is 7.89. The van der Waals surface area contributed by atoms with Gasteiger partial charge in [-0.15, -0.1) is 0 Å². The fourth-order valence-corrected chi connectivity index (χ4v) is 5.98. The van der Waals surface area contributed by atoms with Crippen LogP contribution in [0.1, 0.15) is 24.0 Å². The maximum atomic E-state index is 13.5. The third-order valence-corrected chi connectivity index (χ3v) is 8.08. The van der Waals surface area contributed by atoms with E-state index in [9.17, 15) is 30.8 Å². The summed E-state index contributed by atoms with van der Waals surface area (Å²) in [7, 11) is -4.14. The second-order valence-electron chi connectivity index (χ2n) is 9.01. The van der Waals surface area contributed by atoms with Gasteiger partial charge in [0.1, 0.15) is 28.9 Å². The molecule has 3 aromatic carbocycles. The Morgan fingerprint density at radius 1 is 1.03 bits per heavy atom. The summed E-state index contributed by atoms with van der Waals surface area (Å²) in [6.07, 6.45) is -3.68. The van der Waals surface area contributed by atoms with Gasteiger partial charge in [0.25, 0.3) is 10.0 Å². The van der Waals surface area contributed by atoms with Crippen LogP contribution in [0.4, 0.5) is 17.6 Å². The molecule has 0 unspecified atom stereocenters. The van der Waals surface area contributed by atoms with Crippen LogP contribution in [0.15, 0.2) is 82.3 Å².